The van der Waals surface area contributed by atoms with Gasteiger partial charge in [0.25, 0.3) is 11.1 Å². The Morgan fingerprint density at radius 2 is 1.96 bits per heavy atom. The van der Waals surface area contributed by atoms with Crippen LogP contribution in [0, 0.1) is 6.92 Å². The third-order valence-electron chi connectivity index (χ3n) is 4.08. The van der Waals surface area contributed by atoms with Crippen LogP contribution < -0.4 is 9.47 Å². The van der Waals surface area contributed by atoms with Gasteiger partial charge in [0.1, 0.15) is 6.61 Å². The minimum Gasteiger partial charge on any atom is -0.490 e. The molecular weight excluding hydrogens is 398 g/mol. The highest BCUT2D eigenvalue weighted by atomic mass is 35.5. The third-order valence-corrected chi connectivity index (χ3v) is 5.32. The van der Waals surface area contributed by atoms with E-state index in [0.29, 0.717) is 40.2 Å². The monoisotopic (exact) mass is 417 g/mol. The molecule has 5 nitrogen and oxygen atoms in total. The SMILES string of the molecule is CCOc1cc(/C=C2\SC(=O)N(C)C2=O)cc(Cl)c1OCc1cccc(C)c1. The topological polar surface area (TPSA) is 55.8 Å². The average molecular weight is 418 g/mol. The first-order valence-corrected chi connectivity index (χ1v) is 9.94. The number of likely N-dealkylation sites (N-methyl/N-ethyl adjacent to an activating group) is 1. The van der Waals surface area contributed by atoms with Crippen LogP contribution in [0.3, 0.4) is 0 Å². The molecule has 0 N–H and O–H groups in total. The first-order valence-electron chi connectivity index (χ1n) is 8.75. The number of benzene rings is 2. The summed E-state index contributed by atoms with van der Waals surface area (Å²) < 4.78 is 11.6. The van der Waals surface area contributed by atoms with Gasteiger partial charge in [0.05, 0.1) is 16.5 Å². The number of imide groups is 1. The first kappa shape index (κ1) is 20.3. The fraction of sp³-hybridized carbons (Fsp3) is 0.238. The Bertz CT molecular complexity index is 957. The van der Waals surface area contributed by atoms with E-state index in [2.05, 4.69) is 0 Å². The second-order valence-corrected chi connectivity index (χ2v) is 7.68. The van der Waals surface area contributed by atoms with Gasteiger partial charge in [-0.15, -0.1) is 0 Å². The van der Waals surface area contributed by atoms with E-state index in [4.69, 9.17) is 21.1 Å². The normalized spacial score (nSPS) is 15.4. The standard InChI is InChI=1S/C21H20ClNO4S/c1-4-26-17-10-15(11-18-20(24)23(3)21(25)28-18)9-16(22)19(17)27-12-14-7-5-6-13(2)8-14/h5-11H,4,12H2,1-3H3/b18-11-. The Kier molecular flexibility index (Phi) is 6.31. The fourth-order valence-electron chi connectivity index (χ4n) is 2.73. The molecule has 0 bridgehead atoms. The summed E-state index contributed by atoms with van der Waals surface area (Å²) in [5.74, 6) is 0.610. The maximum Gasteiger partial charge on any atom is 0.293 e. The Morgan fingerprint density at radius 3 is 2.61 bits per heavy atom. The fourth-order valence-corrected chi connectivity index (χ4v) is 3.83. The van der Waals surface area contributed by atoms with Crippen molar-refractivity contribution in [3.63, 3.8) is 0 Å². The van der Waals surface area contributed by atoms with Gasteiger partial charge in [-0.25, -0.2) is 0 Å². The van der Waals surface area contributed by atoms with E-state index >= 15 is 0 Å². The van der Waals surface area contributed by atoms with Gasteiger partial charge in [-0.05, 0) is 54.9 Å². The molecule has 1 fully saturated rings. The number of ether oxygens (including phenoxy) is 2. The molecule has 0 radical (unpaired) electrons. The Labute approximate surface area is 173 Å². The minimum absolute atomic E-state index is 0.300. The van der Waals surface area contributed by atoms with Crippen LogP contribution in [0.2, 0.25) is 5.02 Å². The quantitative estimate of drug-likeness (QED) is 0.597. The van der Waals surface area contributed by atoms with Crippen LogP contribution in [0.4, 0.5) is 4.79 Å². The number of amides is 2. The van der Waals surface area contributed by atoms with Crippen molar-refractivity contribution in [1.29, 1.82) is 0 Å². The molecule has 2 aromatic rings. The number of rotatable bonds is 6. The molecule has 0 aliphatic carbocycles. The van der Waals surface area contributed by atoms with Crippen molar-refractivity contribution >= 4 is 40.6 Å². The summed E-state index contributed by atoms with van der Waals surface area (Å²) in [6, 6.07) is 11.5. The lowest BCUT2D eigenvalue weighted by Gasteiger charge is -2.15. The molecule has 146 valence electrons. The van der Waals surface area contributed by atoms with Gasteiger partial charge in [-0.3, -0.25) is 14.5 Å². The molecule has 0 unspecified atom stereocenters. The Hall–Kier alpha value is -2.44. The molecule has 2 aromatic carbocycles. The average Bonchev–Trinajstić information content (AvgIpc) is 2.88. The summed E-state index contributed by atoms with van der Waals surface area (Å²) >= 11 is 7.34. The number of halogens is 1. The zero-order valence-electron chi connectivity index (χ0n) is 15.8. The van der Waals surface area contributed by atoms with Crippen molar-refractivity contribution in [2.75, 3.05) is 13.7 Å². The molecule has 1 aliphatic heterocycles. The predicted molar refractivity (Wildman–Crippen MR) is 112 cm³/mol. The van der Waals surface area contributed by atoms with Gasteiger partial charge < -0.3 is 9.47 Å². The smallest absolute Gasteiger partial charge is 0.293 e. The van der Waals surface area contributed by atoms with Crippen molar-refractivity contribution in [1.82, 2.24) is 4.90 Å². The van der Waals surface area contributed by atoms with E-state index in [1.165, 1.54) is 7.05 Å². The van der Waals surface area contributed by atoms with Crippen LogP contribution in [-0.4, -0.2) is 29.7 Å². The number of carbonyl (C=O) groups excluding carboxylic acids is 2. The van der Waals surface area contributed by atoms with Gasteiger partial charge >= 0.3 is 0 Å². The number of carbonyl (C=O) groups is 2. The maximum absolute atomic E-state index is 12.1. The highest BCUT2D eigenvalue weighted by molar-refractivity contribution is 8.18. The minimum atomic E-state index is -0.330. The molecular formula is C21H20ClNO4S. The summed E-state index contributed by atoms with van der Waals surface area (Å²) in [7, 11) is 1.46. The van der Waals surface area contributed by atoms with E-state index in [9.17, 15) is 9.59 Å². The molecule has 1 aliphatic rings. The molecule has 28 heavy (non-hydrogen) atoms. The number of nitrogens with zero attached hydrogens (tertiary/aromatic N) is 1. The lowest BCUT2D eigenvalue weighted by molar-refractivity contribution is -0.121. The van der Waals surface area contributed by atoms with Gasteiger partial charge in [-0.1, -0.05) is 41.4 Å². The zero-order valence-corrected chi connectivity index (χ0v) is 17.4. The van der Waals surface area contributed by atoms with Crippen molar-refractivity contribution < 1.29 is 19.1 Å². The molecule has 0 aromatic heterocycles. The van der Waals surface area contributed by atoms with Crippen LogP contribution in [-0.2, 0) is 11.4 Å². The Balaban J connectivity index is 1.88. The lowest BCUT2D eigenvalue weighted by Crippen LogP contribution is -2.22. The largest absolute Gasteiger partial charge is 0.490 e. The number of thioether (sulfide) groups is 1. The predicted octanol–water partition coefficient (Wildman–Crippen LogP) is 5.29. The van der Waals surface area contributed by atoms with E-state index < -0.39 is 0 Å². The molecule has 1 saturated heterocycles. The summed E-state index contributed by atoms with van der Waals surface area (Å²) in [6.45, 7) is 4.68. The van der Waals surface area contributed by atoms with Crippen molar-refractivity contribution in [2.45, 2.75) is 20.5 Å². The lowest BCUT2D eigenvalue weighted by atomic mass is 10.1. The van der Waals surface area contributed by atoms with E-state index in [-0.39, 0.29) is 11.1 Å². The maximum atomic E-state index is 12.1. The summed E-state index contributed by atoms with van der Waals surface area (Å²) in [6.07, 6.45) is 1.63. The van der Waals surface area contributed by atoms with Crippen LogP contribution >= 0.6 is 23.4 Å². The van der Waals surface area contributed by atoms with Crippen molar-refractivity contribution in [2.24, 2.45) is 0 Å². The summed E-state index contributed by atoms with van der Waals surface area (Å²) in [5.41, 5.74) is 2.84. The number of hydrogen-bond donors (Lipinski definition) is 0. The molecule has 1 heterocycles. The third kappa shape index (κ3) is 4.51. The molecule has 0 atom stereocenters. The van der Waals surface area contributed by atoms with Crippen LogP contribution in [0.25, 0.3) is 6.08 Å². The van der Waals surface area contributed by atoms with E-state index in [1.807, 2.05) is 38.1 Å². The van der Waals surface area contributed by atoms with Crippen molar-refractivity contribution in [3.05, 3.63) is 63.0 Å². The van der Waals surface area contributed by atoms with Gasteiger partial charge in [0.15, 0.2) is 11.5 Å². The van der Waals surface area contributed by atoms with Crippen LogP contribution in [0.15, 0.2) is 41.3 Å². The molecule has 0 spiro atoms. The molecule has 3 rings (SSSR count). The molecule has 7 heteroatoms. The first-order chi connectivity index (χ1) is 13.4. The number of hydrogen-bond acceptors (Lipinski definition) is 5. The van der Waals surface area contributed by atoms with Crippen molar-refractivity contribution in [3.8, 4) is 11.5 Å². The second kappa shape index (κ2) is 8.71. The van der Waals surface area contributed by atoms with Gasteiger partial charge in [-0.2, -0.15) is 0 Å². The van der Waals surface area contributed by atoms with E-state index in [1.54, 1.807) is 18.2 Å². The summed E-state index contributed by atoms with van der Waals surface area (Å²) in [5, 5.41) is 0.0751. The van der Waals surface area contributed by atoms with Gasteiger partial charge in [0, 0.05) is 7.05 Å². The Morgan fingerprint density at radius 1 is 1.18 bits per heavy atom. The molecule has 2 amide bonds. The molecule has 0 saturated carbocycles. The van der Waals surface area contributed by atoms with E-state index in [0.717, 1.165) is 27.8 Å². The number of aryl methyl sites for hydroxylation is 1. The van der Waals surface area contributed by atoms with Crippen LogP contribution in [0.5, 0.6) is 11.5 Å². The van der Waals surface area contributed by atoms with Gasteiger partial charge in [0.2, 0.25) is 0 Å². The highest BCUT2D eigenvalue weighted by Gasteiger charge is 2.31. The second-order valence-electron chi connectivity index (χ2n) is 6.28. The highest BCUT2D eigenvalue weighted by Crippen LogP contribution is 2.39. The van der Waals surface area contributed by atoms with Crippen LogP contribution in [0.1, 0.15) is 23.6 Å². The zero-order chi connectivity index (χ0) is 20.3. The summed E-state index contributed by atoms with van der Waals surface area (Å²) in [4.78, 5) is 25.2.